The van der Waals surface area contributed by atoms with E-state index in [0.717, 1.165) is 0 Å². The van der Waals surface area contributed by atoms with Crippen LogP contribution in [0.3, 0.4) is 0 Å². The molecule has 1 aromatic carbocycles. The van der Waals surface area contributed by atoms with Gasteiger partial charge in [0.05, 0.1) is 0 Å². The zero-order chi connectivity index (χ0) is 14.4. The van der Waals surface area contributed by atoms with Gasteiger partial charge in [0.1, 0.15) is 11.6 Å². The van der Waals surface area contributed by atoms with Crippen LogP contribution in [-0.2, 0) is 11.3 Å². The molecule has 0 saturated heterocycles. The van der Waals surface area contributed by atoms with Gasteiger partial charge < -0.3 is 15.4 Å². The highest BCUT2D eigenvalue weighted by Crippen LogP contribution is 2.21. The fourth-order valence-electron chi connectivity index (χ4n) is 1.64. The lowest BCUT2D eigenvalue weighted by atomic mass is 10.2. The van der Waals surface area contributed by atoms with Gasteiger partial charge in [-0.05, 0) is 46.0 Å². The molecule has 0 saturated carbocycles. The molecular formula is C14H21FN2O2. The molecule has 0 aliphatic heterocycles. The first-order valence-corrected chi connectivity index (χ1v) is 6.34. The van der Waals surface area contributed by atoms with Crippen molar-refractivity contribution in [3.05, 3.63) is 29.6 Å². The van der Waals surface area contributed by atoms with Crippen LogP contribution < -0.4 is 15.4 Å². The Morgan fingerprint density at radius 2 is 2.05 bits per heavy atom. The van der Waals surface area contributed by atoms with Crippen LogP contribution in [0, 0.1) is 5.82 Å². The summed E-state index contributed by atoms with van der Waals surface area (Å²) >= 11 is 0. The van der Waals surface area contributed by atoms with E-state index in [1.807, 2.05) is 13.8 Å². The first kappa shape index (κ1) is 15.4. The average Bonchev–Trinajstić information content (AvgIpc) is 2.32. The predicted octanol–water partition coefficient (Wildman–Crippen LogP) is 1.84. The van der Waals surface area contributed by atoms with Crippen molar-refractivity contribution < 1.29 is 13.9 Å². The zero-order valence-corrected chi connectivity index (χ0v) is 11.8. The molecule has 1 unspecified atom stereocenters. The van der Waals surface area contributed by atoms with Gasteiger partial charge in [-0.2, -0.15) is 0 Å². The highest BCUT2D eigenvalue weighted by Gasteiger charge is 2.17. The minimum absolute atomic E-state index is 0.0588. The molecule has 0 spiro atoms. The zero-order valence-electron chi connectivity index (χ0n) is 11.8. The summed E-state index contributed by atoms with van der Waals surface area (Å²) in [7, 11) is 1.77. The van der Waals surface area contributed by atoms with Crippen molar-refractivity contribution in [2.24, 2.45) is 0 Å². The summed E-state index contributed by atoms with van der Waals surface area (Å²) in [6, 6.07) is 4.32. The van der Waals surface area contributed by atoms with E-state index < -0.39 is 6.10 Å². The number of carbonyl (C=O) groups excluding carboxylic acids is 1. The van der Waals surface area contributed by atoms with Crippen LogP contribution >= 0.6 is 0 Å². The van der Waals surface area contributed by atoms with Crippen LogP contribution in [-0.4, -0.2) is 25.1 Å². The van der Waals surface area contributed by atoms with Crippen molar-refractivity contribution >= 4 is 5.91 Å². The Hall–Kier alpha value is -1.62. The number of benzene rings is 1. The van der Waals surface area contributed by atoms with Gasteiger partial charge in [-0.1, -0.05) is 0 Å². The number of hydrogen-bond acceptors (Lipinski definition) is 3. The quantitative estimate of drug-likeness (QED) is 0.827. The second-order valence-corrected chi connectivity index (χ2v) is 4.71. The van der Waals surface area contributed by atoms with Crippen LogP contribution in [0.25, 0.3) is 0 Å². The third-order valence-electron chi connectivity index (χ3n) is 2.49. The standard InChI is InChI=1S/C14H21FN2O2/c1-9(2)17-14(18)10(3)19-13-6-5-12(15)7-11(13)8-16-4/h5-7,9-10,16H,8H2,1-4H3,(H,17,18). The van der Waals surface area contributed by atoms with Crippen molar-refractivity contribution in [3.63, 3.8) is 0 Å². The van der Waals surface area contributed by atoms with E-state index in [4.69, 9.17) is 4.74 Å². The van der Waals surface area contributed by atoms with E-state index in [0.29, 0.717) is 17.9 Å². The summed E-state index contributed by atoms with van der Waals surface area (Å²) in [6.45, 7) is 5.92. The Morgan fingerprint density at radius 1 is 1.37 bits per heavy atom. The minimum Gasteiger partial charge on any atom is -0.481 e. The third-order valence-corrected chi connectivity index (χ3v) is 2.49. The van der Waals surface area contributed by atoms with Gasteiger partial charge in [-0.3, -0.25) is 4.79 Å². The molecule has 4 nitrogen and oxygen atoms in total. The number of ether oxygens (including phenoxy) is 1. The highest BCUT2D eigenvalue weighted by molar-refractivity contribution is 5.80. The molecule has 19 heavy (non-hydrogen) atoms. The average molecular weight is 268 g/mol. The van der Waals surface area contributed by atoms with E-state index in [-0.39, 0.29) is 17.8 Å². The van der Waals surface area contributed by atoms with Crippen molar-refractivity contribution in [1.82, 2.24) is 10.6 Å². The van der Waals surface area contributed by atoms with Crippen LogP contribution in [0.15, 0.2) is 18.2 Å². The largest absolute Gasteiger partial charge is 0.481 e. The van der Waals surface area contributed by atoms with Gasteiger partial charge in [0.2, 0.25) is 0 Å². The smallest absolute Gasteiger partial charge is 0.260 e. The van der Waals surface area contributed by atoms with Crippen molar-refractivity contribution in [2.75, 3.05) is 7.05 Å². The summed E-state index contributed by atoms with van der Waals surface area (Å²) in [4.78, 5) is 11.8. The molecule has 0 aliphatic rings. The minimum atomic E-state index is -0.622. The second-order valence-electron chi connectivity index (χ2n) is 4.71. The predicted molar refractivity (Wildman–Crippen MR) is 72.5 cm³/mol. The van der Waals surface area contributed by atoms with Crippen LogP contribution in [0.2, 0.25) is 0 Å². The van der Waals surface area contributed by atoms with Crippen LogP contribution in [0.5, 0.6) is 5.75 Å². The SMILES string of the molecule is CNCc1cc(F)ccc1OC(C)C(=O)NC(C)C. The first-order chi connectivity index (χ1) is 8.93. The summed E-state index contributed by atoms with van der Waals surface area (Å²) in [5, 5.41) is 5.71. The van der Waals surface area contributed by atoms with E-state index in [9.17, 15) is 9.18 Å². The highest BCUT2D eigenvalue weighted by atomic mass is 19.1. The molecule has 2 N–H and O–H groups in total. The van der Waals surface area contributed by atoms with Crippen molar-refractivity contribution in [1.29, 1.82) is 0 Å². The van der Waals surface area contributed by atoms with E-state index in [1.54, 1.807) is 20.0 Å². The maximum Gasteiger partial charge on any atom is 0.260 e. The van der Waals surface area contributed by atoms with Crippen molar-refractivity contribution in [3.8, 4) is 5.75 Å². The number of hydrogen-bond donors (Lipinski definition) is 2. The van der Waals surface area contributed by atoms with Gasteiger partial charge in [-0.25, -0.2) is 4.39 Å². The first-order valence-electron chi connectivity index (χ1n) is 6.34. The number of carbonyl (C=O) groups is 1. The number of rotatable bonds is 6. The lowest BCUT2D eigenvalue weighted by Crippen LogP contribution is -2.40. The van der Waals surface area contributed by atoms with Gasteiger partial charge in [0.15, 0.2) is 6.10 Å². The van der Waals surface area contributed by atoms with Crippen LogP contribution in [0.1, 0.15) is 26.3 Å². The maximum atomic E-state index is 13.2. The maximum absolute atomic E-state index is 13.2. The molecule has 0 aliphatic carbocycles. The fourth-order valence-corrected chi connectivity index (χ4v) is 1.64. The number of nitrogens with one attached hydrogen (secondary N) is 2. The Morgan fingerprint density at radius 3 is 2.63 bits per heavy atom. The van der Waals surface area contributed by atoms with Gasteiger partial charge in [0, 0.05) is 18.2 Å². The Bertz CT molecular complexity index is 435. The molecule has 1 rings (SSSR count). The molecule has 106 valence electrons. The Labute approximate surface area is 113 Å². The Kier molecular flexibility index (Phi) is 5.76. The lowest BCUT2D eigenvalue weighted by molar-refractivity contribution is -0.127. The third kappa shape index (κ3) is 4.87. The second kappa shape index (κ2) is 7.09. The van der Waals surface area contributed by atoms with Gasteiger partial charge in [-0.15, -0.1) is 0 Å². The molecular weight excluding hydrogens is 247 g/mol. The van der Waals surface area contributed by atoms with Gasteiger partial charge >= 0.3 is 0 Å². The summed E-state index contributed by atoms with van der Waals surface area (Å²) in [5.74, 6) is 0.00812. The fraction of sp³-hybridized carbons (Fsp3) is 0.500. The Balaban J connectivity index is 2.78. The molecule has 0 bridgehead atoms. The summed E-state index contributed by atoms with van der Waals surface area (Å²) in [6.07, 6.45) is -0.622. The molecule has 1 atom stereocenters. The molecule has 0 radical (unpaired) electrons. The lowest BCUT2D eigenvalue weighted by Gasteiger charge is -2.18. The van der Waals surface area contributed by atoms with Crippen molar-refractivity contribution in [2.45, 2.75) is 39.5 Å². The topological polar surface area (TPSA) is 50.4 Å². The van der Waals surface area contributed by atoms with E-state index >= 15 is 0 Å². The molecule has 0 fully saturated rings. The number of amides is 1. The number of halogens is 1. The molecule has 5 heteroatoms. The van der Waals surface area contributed by atoms with E-state index in [2.05, 4.69) is 10.6 Å². The van der Waals surface area contributed by atoms with Crippen LogP contribution in [0.4, 0.5) is 4.39 Å². The summed E-state index contributed by atoms with van der Waals surface area (Å²) < 4.78 is 18.8. The summed E-state index contributed by atoms with van der Waals surface area (Å²) in [5.41, 5.74) is 0.687. The molecule has 1 amide bonds. The van der Waals surface area contributed by atoms with Gasteiger partial charge in [0.25, 0.3) is 5.91 Å². The molecule has 0 aromatic heterocycles. The molecule has 0 heterocycles. The monoisotopic (exact) mass is 268 g/mol. The van der Waals surface area contributed by atoms with E-state index in [1.165, 1.54) is 12.1 Å². The molecule has 1 aromatic rings. The normalized spacial score (nSPS) is 12.3.